The average molecular weight is 807 g/mol. The maximum absolute atomic E-state index is 6.72. The van der Waals surface area contributed by atoms with E-state index in [1.165, 1.54) is 21.9 Å². The normalized spacial score (nSPS) is 11.8. The Kier molecular flexibility index (Phi) is 7.80. The van der Waals surface area contributed by atoms with Crippen molar-refractivity contribution in [2.24, 2.45) is 0 Å². The van der Waals surface area contributed by atoms with E-state index in [2.05, 4.69) is 156 Å². The van der Waals surface area contributed by atoms with Crippen LogP contribution in [0.5, 0.6) is 0 Å². The van der Waals surface area contributed by atoms with E-state index in [1.54, 1.807) is 0 Å². The van der Waals surface area contributed by atoms with Gasteiger partial charge in [-0.25, -0.2) is 15.0 Å². The molecule has 13 aromatic rings. The van der Waals surface area contributed by atoms with Gasteiger partial charge in [0.05, 0.1) is 22.1 Å². The molecule has 9 aromatic carbocycles. The van der Waals surface area contributed by atoms with Crippen molar-refractivity contribution in [2.45, 2.75) is 0 Å². The first-order valence-corrected chi connectivity index (χ1v) is 21.1. The van der Waals surface area contributed by atoms with Gasteiger partial charge in [-0.1, -0.05) is 146 Å². The van der Waals surface area contributed by atoms with Gasteiger partial charge in [-0.15, -0.1) is 0 Å². The fourth-order valence-electron chi connectivity index (χ4n) is 9.34. The molecule has 4 heterocycles. The molecule has 4 aromatic heterocycles. The number of benzene rings is 9. The Labute approximate surface area is 361 Å². The van der Waals surface area contributed by atoms with Gasteiger partial charge in [0.25, 0.3) is 0 Å². The summed E-state index contributed by atoms with van der Waals surface area (Å²) < 4.78 is 15.6. The van der Waals surface area contributed by atoms with Crippen LogP contribution in [-0.2, 0) is 0 Å². The molecular formula is C57H34N4O2. The minimum atomic E-state index is 0.550. The molecule has 0 fully saturated rings. The highest BCUT2D eigenvalue weighted by Gasteiger charge is 2.21. The summed E-state index contributed by atoms with van der Waals surface area (Å²) in [5.74, 6) is 1.70. The first kappa shape index (κ1) is 35.2. The monoisotopic (exact) mass is 806 g/mol. The number of hydrogen-bond donors (Lipinski definition) is 0. The van der Waals surface area contributed by atoms with Crippen molar-refractivity contribution in [3.63, 3.8) is 0 Å². The second-order valence-corrected chi connectivity index (χ2v) is 15.9. The lowest BCUT2D eigenvalue weighted by Gasteiger charge is -2.10. The smallest absolute Gasteiger partial charge is 0.164 e. The SMILES string of the molecule is c1ccc(-c2ccc3c(c2)oc2cccc(-c4nc(-c5ccccc5)nc(-c5ccc6c(c5)oc5cccc(-n7c8ccccc8c8cc(-c9ccccc9)ccc87)c56)n4)c23)cc1. The molecule has 0 unspecified atom stereocenters. The Balaban J connectivity index is 0.971. The third-order valence-corrected chi connectivity index (χ3v) is 12.3. The molecule has 0 N–H and O–H groups in total. The summed E-state index contributed by atoms with van der Waals surface area (Å²) in [5.41, 5.74) is 13.7. The molecule has 0 amide bonds. The Morgan fingerprint density at radius 2 is 0.825 bits per heavy atom. The highest BCUT2D eigenvalue weighted by Crippen LogP contribution is 2.42. The van der Waals surface area contributed by atoms with E-state index in [0.717, 1.165) is 88.4 Å². The van der Waals surface area contributed by atoms with Crippen LogP contribution >= 0.6 is 0 Å². The van der Waals surface area contributed by atoms with Crippen LogP contribution in [0.25, 0.3) is 128 Å². The zero-order chi connectivity index (χ0) is 41.4. The summed E-state index contributed by atoms with van der Waals surface area (Å²) in [6.45, 7) is 0. The van der Waals surface area contributed by atoms with Gasteiger partial charge in [0.15, 0.2) is 17.5 Å². The Morgan fingerprint density at radius 3 is 1.56 bits per heavy atom. The second-order valence-electron chi connectivity index (χ2n) is 15.9. The molecule has 0 saturated carbocycles. The standard InChI is InChI=1S/C57H34N4O2/c1-4-14-35(15-5-1)38-28-31-47-45(32-38)41-20-10-11-22-46(41)61(47)48-23-13-25-50-54(48)43-30-27-40(34-52(43)63-50)56-58-55(37-18-8-3-9-19-37)59-57(60-56)44-21-12-24-49-53(44)42-29-26-39(33-51(42)62-49)36-16-6-2-7-17-36/h1-34H. The third kappa shape index (κ3) is 5.69. The minimum Gasteiger partial charge on any atom is -0.456 e. The van der Waals surface area contributed by atoms with Crippen molar-refractivity contribution < 1.29 is 8.83 Å². The van der Waals surface area contributed by atoms with Crippen molar-refractivity contribution in [2.75, 3.05) is 0 Å². The third-order valence-electron chi connectivity index (χ3n) is 12.3. The lowest BCUT2D eigenvalue weighted by atomic mass is 10.0. The number of rotatable bonds is 6. The number of aromatic nitrogens is 4. The molecule has 294 valence electrons. The second kappa shape index (κ2) is 14.0. The summed E-state index contributed by atoms with van der Waals surface area (Å²) in [5, 5.41) is 6.43. The first-order chi connectivity index (χ1) is 31.2. The zero-order valence-electron chi connectivity index (χ0n) is 33.7. The van der Waals surface area contributed by atoms with Gasteiger partial charge in [0.2, 0.25) is 0 Å². The molecule has 0 saturated heterocycles. The number of hydrogen-bond acceptors (Lipinski definition) is 5. The van der Waals surface area contributed by atoms with Crippen LogP contribution in [0.1, 0.15) is 0 Å². The molecule has 13 rings (SSSR count). The Morgan fingerprint density at radius 1 is 0.302 bits per heavy atom. The topological polar surface area (TPSA) is 69.9 Å². The van der Waals surface area contributed by atoms with E-state index < -0.39 is 0 Å². The number of furan rings is 2. The van der Waals surface area contributed by atoms with Gasteiger partial charge in [-0.2, -0.15) is 0 Å². The molecule has 6 heteroatoms. The highest BCUT2D eigenvalue weighted by atomic mass is 16.3. The molecular weight excluding hydrogens is 773 g/mol. The molecule has 0 bridgehead atoms. The van der Waals surface area contributed by atoms with E-state index in [9.17, 15) is 0 Å². The van der Waals surface area contributed by atoms with Crippen LogP contribution < -0.4 is 0 Å². The van der Waals surface area contributed by atoms with Crippen LogP contribution in [0.3, 0.4) is 0 Å². The molecule has 63 heavy (non-hydrogen) atoms. The van der Waals surface area contributed by atoms with Gasteiger partial charge in [-0.3, -0.25) is 0 Å². The van der Waals surface area contributed by atoms with Crippen molar-refractivity contribution >= 4 is 65.7 Å². The molecule has 0 atom stereocenters. The van der Waals surface area contributed by atoms with Crippen LogP contribution in [-0.4, -0.2) is 19.5 Å². The molecule has 0 aliphatic heterocycles. The van der Waals surface area contributed by atoms with E-state index in [0.29, 0.717) is 17.5 Å². The summed E-state index contributed by atoms with van der Waals surface area (Å²) in [4.78, 5) is 15.4. The van der Waals surface area contributed by atoms with Crippen LogP contribution in [0.15, 0.2) is 215 Å². The molecule has 0 radical (unpaired) electrons. The zero-order valence-corrected chi connectivity index (χ0v) is 33.7. The van der Waals surface area contributed by atoms with Crippen molar-refractivity contribution in [1.29, 1.82) is 0 Å². The van der Waals surface area contributed by atoms with Gasteiger partial charge in [0, 0.05) is 43.6 Å². The summed E-state index contributed by atoms with van der Waals surface area (Å²) in [6.07, 6.45) is 0. The molecule has 0 aliphatic carbocycles. The predicted octanol–water partition coefficient (Wildman–Crippen LogP) is 15.1. The first-order valence-electron chi connectivity index (χ1n) is 21.1. The van der Waals surface area contributed by atoms with Crippen molar-refractivity contribution in [3.05, 3.63) is 206 Å². The quantitative estimate of drug-likeness (QED) is 0.167. The van der Waals surface area contributed by atoms with E-state index in [1.807, 2.05) is 54.6 Å². The molecule has 0 aliphatic rings. The summed E-state index contributed by atoms with van der Waals surface area (Å²) >= 11 is 0. The van der Waals surface area contributed by atoms with Gasteiger partial charge in [-0.05, 0) is 82.9 Å². The van der Waals surface area contributed by atoms with E-state index in [-0.39, 0.29) is 0 Å². The largest absolute Gasteiger partial charge is 0.456 e. The summed E-state index contributed by atoms with van der Waals surface area (Å²) in [6, 6.07) is 71.5. The molecule has 0 spiro atoms. The lowest BCUT2D eigenvalue weighted by Crippen LogP contribution is -2.00. The van der Waals surface area contributed by atoms with Gasteiger partial charge in [0.1, 0.15) is 22.3 Å². The van der Waals surface area contributed by atoms with E-state index in [4.69, 9.17) is 23.8 Å². The average Bonchev–Trinajstić information content (AvgIpc) is 4.03. The Hall–Kier alpha value is -8.61. The molecule has 6 nitrogen and oxygen atoms in total. The fourth-order valence-corrected chi connectivity index (χ4v) is 9.34. The van der Waals surface area contributed by atoms with Crippen LogP contribution in [0, 0.1) is 0 Å². The Bertz CT molecular complexity index is 3900. The number of nitrogens with zero attached hydrogens (tertiary/aromatic N) is 4. The van der Waals surface area contributed by atoms with Gasteiger partial charge >= 0.3 is 0 Å². The van der Waals surface area contributed by atoms with Gasteiger partial charge < -0.3 is 13.4 Å². The highest BCUT2D eigenvalue weighted by molar-refractivity contribution is 6.16. The van der Waals surface area contributed by atoms with Crippen LogP contribution in [0.2, 0.25) is 0 Å². The lowest BCUT2D eigenvalue weighted by molar-refractivity contribution is 0.668. The maximum Gasteiger partial charge on any atom is 0.164 e. The maximum atomic E-state index is 6.72. The van der Waals surface area contributed by atoms with Crippen LogP contribution in [0.4, 0.5) is 0 Å². The number of para-hydroxylation sites is 1. The summed E-state index contributed by atoms with van der Waals surface area (Å²) in [7, 11) is 0. The minimum absolute atomic E-state index is 0.550. The fraction of sp³-hybridized carbons (Fsp3) is 0. The van der Waals surface area contributed by atoms with E-state index >= 15 is 0 Å². The van der Waals surface area contributed by atoms with Crippen molar-refractivity contribution in [1.82, 2.24) is 19.5 Å². The predicted molar refractivity (Wildman–Crippen MR) is 256 cm³/mol. The number of fused-ring (bicyclic) bond motifs is 9. The van der Waals surface area contributed by atoms with Crippen molar-refractivity contribution in [3.8, 4) is 62.1 Å².